The molecule has 0 saturated carbocycles. The van der Waals surface area contributed by atoms with Gasteiger partial charge in [0, 0.05) is 28.2 Å². The molecule has 0 aliphatic rings. The van der Waals surface area contributed by atoms with Crippen LogP contribution in [-0.4, -0.2) is 42.5 Å². The Balaban J connectivity index is 1.97. The standard InChI is InChI=1S/C23H21N5O5S/c1-15-8-9-19(25-14-15)34(29,30)28-22-20(33-18-7-5-4-6-17(18)31-2)23(32-3)27-21(26-22)16-10-12-24-13-11-16/h4-14H,1-3H3,(H,26,27,28)/i1D3,3D3,8D,9D,14D. The molecule has 0 aliphatic heterocycles. The van der Waals surface area contributed by atoms with E-state index in [1.54, 1.807) is 12.1 Å². The number of para-hydroxylation sites is 2. The summed E-state index contributed by atoms with van der Waals surface area (Å²) in [6.45, 7) is -3.02. The summed E-state index contributed by atoms with van der Waals surface area (Å²) in [5.74, 6) is -2.14. The summed E-state index contributed by atoms with van der Waals surface area (Å²) in [6, 6.07) is 6.83. The fourth-order valence-electron chi connectivity index (χ4n) is 2.68. The number of sulfonamides is 1. The van der Waals surface area contributed by atoms with Crippen LogP contribution in [0.2, 0.25) is 0 Å². The van der Waals surface area contributed by atoms with Gasteiger partial charge in [0.2, 0.25) is 5.75 Å². The highest BCUT2D eigenvalue weighted by molar-refractivity contribution is 7.92. The molecule has 0 amide bonds. The molecule has 174 valence electrons. The molecule has 0 radical (unpaired) electrons. The molecule has 1 N–H and O–H groups in total. The molecule has 3 aromatic heterocycles. The van der Waals surface area contributed by atoms with Gasteiger partial charge < -0.3 is 14.2 Å². The first-order chi connectivity index (χ1) is 20.0. The Kier molecular flexibility index (Phi) is 4.03. The van der Waals surface area contributed by atoms with Gasteiger partial charge in [0.15, 0.2) is 28.2 Å². The van der Waals surface area contributed by atoms with Crippen LogP contribution in [0.5, 0.6) is 23.1 Å². The minimum atomic E-state index is -5.02. The molecule has 11 heteroatoms. The molecule has 0 unspecified atom stereocenters. The lowest BCUT2D eigenvalue weighted by Crippen LogP contribution is -2.17. The van der Waals surface area contributed by atoms with Gasteiger partial charge in [-0.05, 0) is 42.7 Å². The number of ether oxygens (including phenoxy) is 3. The van der Waals surface area contributed by atoms with Crippen LogP contribution < -0.4 is 18.9 Å². The lowest BCUT2D eigenvalue weighted by atomic mass is 10.2. The van der Waals surface area contributed by atoms with E-state index in [9.17, 15) is 8.42 Å². The number of benzene rings is 1. The first kappa shape index (κ1) is 14.1. The third kappa shape index (κ3) is 4.89. The largest absolute Gasteiger partial charge is 0.493 e. The van der Waals surface area contributed by atoms with Gasteiger partial charge in [-0.3, -0.25) is 9.71 Å². The Hall–Kier alpha value is -4.25. The highest BCUT2D eigenvalue weighted by Gasteiger charge is 2.25. The zero-order chi connectivity index (χ0) is 31.7. The number of anilines is 1. The van der Waals surface area contributed by atoms with E-state index in [4.69, 9.17) is 26.5 Å². The minimum absolute atomic E-state index is 0.0238. The van der Waals surface area contributed by atoms with Gasteiger partial charge in [-0.2, -0.15) is 13.4 Å². The van der Waals surface area contributed by atoms with Crippen molar-refractivity contribution in [1.29, 1.82) is 0 Å². The van der Waals surface area contributed by atoms with Crippen LogP contribution in [0.1, 0.15) is 17.9 Å². The lowest BCUT2D eigenvalue weighted by molar-refractivity contribution is 0.348. The second-order valence-electron chi connectivity index (χ2n) is 6.38. The van der Waals surface area contributed by atoms with Crippen molar-refractivity contribution >= 4 is 15.8 Å². The lowest BCUT2D eigenvalue weighted by Gasteiger charge is -2.17. The normalized spacial score (nSPS) is 15.6. The van der Waals surface area contributed by atoms with Crippen LogP contribution in [0.3, 0.4) is 0 Å². The molecule has 4 aromatic rings. The highest BCUT2D eigenvalue weighted by atomic mass is 32.2. The van der Waals surface area contributed by atoms with E-state index in [0.717, 1.165) is 0 Å². The van der Waals surface area contributed by atoms with Gasteiger partial charge in [0.25, 0.3) is 15.9 Å². The smallest absolute Gasteiger partial charge is 0.280 e. The Morgan fingerprint density at radius 2 is 1.82 bits per heavy atom. The number of rotatable bonds is 8. The van der Waals surface area contributed by atoms with Crippen LogP contribution in [0.15, 0.2) is 72.1 Å². The van der Waals surface area contributed by atoms with Gasteiger partial charge in [0.05, 0.1) is 22.4 Å². The first-order valence-electron chi connectivity index (χ1n) is 13.8. The summed E-state index contributed by atoms with van der Waals surface area (Å²) in [5, 5.41) is -1.17. The first-order valence-corrected chi connectivity index (χ1v) is 10.8. The summed E-state index contributed by atoms with van der Waals surface area (Å²) in [6.07, 6.45) is 1.69. The summed E-state index contributed by atoms with van der Waals surface area (Å²) < 4.78 is 115. The van der Waals surface area contributed by atoms with E-state index < -0.39 is 70.2 Å². The molecule has 0 aliphatic carbocycles. The quantitative estimate of drug-likeness (QED) is 0.393. The number of pyridine rings is 2. The number of aromatic nitrogens is 4. The molecular formula is C23H21N5O5S. The van der Waals surface area contributed by atoms with Crippen LogP contribution in [0.25, 0.3) is 11.4 Å². The number of nitrogens with one attached hydrogen (secondary N) is 1. The molecule has 0 saturated heterocycles. The van der Waals surface area contributed by atoms with Gasteiger partial charge in [-0.25, -0.2) is 9.97 Å². The summed E-state index contributed by atoms with van der Waals surface area (Å²) >= 11 is 0. The fraction of sp³-hybridized carbons (Fsp3) is 0.130. The van der Waals surface area contributed by atoms with Crippen molar-refractivity contribution in [2.45, 2.75) is 11.9 Å². The van der Waals surface area contributed by atoms with Crippen LogP contribution in [-0.2, 0) is 10.0 Å². The van der Waals surface area contributed by atoms with Crippen molar-refractivity contribution in [3.8, 4) is 34.5 Å². The summed E-state index contributed by atoms with van der Waals surface area (Å²) in [7, 11) is -6.79. The van der Waals surface area contributed by atoms with E-state index >= 15 is 0 Å². The third-order valence-electron chi connectivity index (χ3n) is 4.20. The fourth-order valence-corrected chi connectivity index (χ4v) is 3.53. The van der Waals surface area contributed by atoms with Crippen molar-refractivity contribution < 1.29 is 35.0 Å². The van der Waals surface area contributed by atoms with E-state index in [1.165, 1.54) is 43.8 Å². The van der Waals surface area contributed by atoms with Crippen LogP contribution in [0.4, 0.5) is 5.82 Å². The van der Waals surface area contributed by atoms with Crippen LogP contribution >= 0.6 is 0 Å². The van der Waals surface area contributed by atoms with Gasteiger partial charge >= 0.3 is 0 Å². The van der Waals surface area contributed by atoms with E-state index in [1.807, 2.05) is 4.72 Å². The molecule has 0 spiro atoms. The molecule has 1 aromatic carbocycles. The Bertz CT molecular complexity index is 1770. The third-order valence-corrected chi connectivity index (χ3v) is 5.36. The van der Waals surface area contributed by atoms with Crippen molar-refractivity contribution in [2.24, 2.45) is 0 Å². The van der Waals surface area contributed by atoms with Crippen molar-refractivity contribution in [3.63, 3.8) is 0 Å². The zero-order valence-corrected chi connectivity index (χ0v) is 18.2. The van der Waals surface area contributed by atoms with Crippen LogP contribution in [0, 0.1) is 6.85 Å². The molecule has 34 heavy (non-hydrogen) atoms. The monoisotopic (exact) mass is 488 g/mol. The molecular weight excluding hydrogens is 458 g/mol. The highest BCUT2D eigenvalue weighted by Crippen LogP contribution is 2.41. The second kappa shape index (κ2) is 9.71. The van der Waals surface area contributed by atoms with Crippen molar-refractivity contribution in [2.75, 3.05) is 18.9 Å². The molecule has 0 bridgehead atoms. The average Bonchev–Trinajstić information content (AvgIpc) is 2.91. The number of hydrogen-bond donors (Lipinski definition) is 1. The Labute approximate surface area is 209 Å². The van der Waals surface area contributed by atoms with Crippen molar-refractivity contribution in [3.05, 3.63) is 72.6 Å². The number of methoxy groups -OCH3 is 2. The maximum atomic E-state index is 13.6. The van der Waals surface area contributed by atoms with E-state index in [0.29, 0.717) is 0 Å². The topological polar surface area (TPSA) is 125 Å². The molecule has 4 rings (SSSR count). The van der Waals surface area contributed by atoms with Gasteiger partial charge in [0.1, 0.15) is 0 Å². The minimum Gasteiger partial charge on any atom is -0.493 e. The Morgan fingerprint density at radius 3 is 2.56 bits per heavy atom. The molecule has 3 heterocycles. The molecule has 10 nitrogen and oxygen atoms in total. The second-order valence-corrected chi connectivity index (χ2v) is 7.98. The summed E-state index contributed by atoms with van der Waals surface area (Å²) in [4.78, 5) is 15.7. The van der Waals surface area contributed by atoms with Gasteiger partial charge in [-0.1, -0.05) is 18.2 Å². The molecule has 0 fully saturated rings. The van der Waals surface area contributed by atoms with Crippen molar-refractivity contribution in [1.82, 2.24) is 19.9 Å². The predicted molar refractivity (Wildman–Crippen MR) is 125 cm³/mol. The maximum Gasteiger partial charge on any atom is 0.280 e. The molecule has 0 atom stereocenters. The average molecular weight is 489 g/mol. The van der Waals surface area contributed by atoms with E-state index in [2.05, 4.69) is 19.9 Å². The van der Waals surface area contributed by atoms with Gasteiger partial charge in [-0.15, -0.1) is 0 Å². The maximum absolute atomic E-state index is 13.6. The summed E-state index contributed by atoms with van der Waals surface area (Å²) in [5.41, 5.74) is -0.648. The SMILES string of the molecule is [2H]c1nc(S(=O)(=O)Nc2nc(-c3ccncc3)nc(OC([2H])([2H])[2H])c2Oc2ccccc2OC)c([2H])c([2H])c1C([2H])([2H])[2H]. The predicted octanol–water partition coefficient (Wildman–Crippen LogP) is 3.85. The zero-order valence-electron chi connectivity index (χ0n) is 26.4. The number of hydrogen-bond acceptors (Lipinski definition) is 9. The Morgan fingerprint density at radius 1 is 1.03 bits per heavy atom. The number of nitrogens with zero attached hydrogens (tertiary/aromatic N) is 4. The van der Waals surface area contributed by atoms with E-state index in [-0.39, 0.29) is 22.9 Å².